The van der Waals surface area contributed by atoms with Crippen molar-refractivity contribution in [2.45, 2.75) is 53.0 Å². The summed E-state index contributed by atoms with van der Waals surface area (Å²) in [4.78, 5) is 16.9. The standard InChI is InChI=1S/C13H22N2O2S/c1-5-8-10(6-2)14-13-15-11(9(4)18-13)12(16)17-7-3/h10H,5-8H2,1-4H3,(H,14,15). The van der Waals surface area contributed by atoms with Crippen LogP contribution in [0, 0.1) is 6.92 Å². The summed E-state index contributed by atoms with van der Waals surface area (Å²) in [5, 5.41) is 4.20. The van der Waals surface area contributed by atoms with E-state index in [1.165, 1.54) is 11.3 Å². The number of anilines is 1. The number of carbonyl (C=O) groups excluding carboxylic acids is 1. The fourth-order valence-corrected chi connectivity index (χ4v) is 2.63. The Morgan fingerprint density at radius 3 is 2.72 bits per heavy atom. The summed E-state index contributed by atoms with van der Waals surface area (Å²) in [6.07, 6.45) is 3.31. The molecule has 102 valence electrons. The van der Waals surface area contributed by atoms with Crippen molar-refractivity contribution in [3.63, 3.8) is 0 Å². The minimum Gasteiger partial charge on any atom is -0.461 e. The van der Waals surface area contributed by atoms with E-state index in [4.69, 9.17) is 4.74 Å². The van der Waals surface area contributed by atoms with Gasteiger partial charge in [0.1, 0.15) is 0 Å². The SMILES string of the molecule is CCCC(CC)Nc1nc(C(=O)OCC)c(C)s1. The van der Waals surface area contributed by atoms with Gasteiger partial charge in [0.15, 0.2) is 10.8 Å². The third-order valence-electron chi connectivity index (χ3n) is 2.72. The van der Waals surface area contributed by atoms with Gasteiger partial charge >= 0.3 is 5.97 Å². The number of carbonyl (C=O) groups is 1. The first-order valence-corrected chi connectivity index (χ1v) is 7.35. The lowest BCUT2D eigenvalue weighted by Gasteiger charge is -2.14. The molecule has 1 heterocycles. The Bertz CT molecular complexity index is 390. The highest BCUT2D eigenvalue weighted by atomic mass is 32.1. The summed E-state index contributed by atoms with van der Waals surface area (Å²) in [7, 11) is 0. The average molecular weight is 270 g/mol. The molecule has 0 spiro atoms. The second kappa shape index (κ2) is 7.36. The number of aromatic nitrogens is 1. The lowest BCUT2D eigenvalue weighted by molar-refractivity contribution is 0.0519. The number of esters is 1. The highest BCUT2D eigenvalue weighted by molar-refractivity contribution is 7.15. The Labute approximate surface area is 113 Å². The van der Waals surface area contributed by atoms with E-state index in [0.29, 0.717) is 18.3 Å². The molecule has 0 aliphatic heterocycles. The molecule has 18 heavy (non-hydrogen) atoms. The maximum atomic E-state index is 11.7. The van der Waals surface area contributed by atoms with Gasteiger partial charge in [-0.15, -0.1) is 11.3 Å². The van der Waals surface area contributed by atoms with Crippen molar-refractivity contribution in [1.82, 2.24) is 4.98 Å². The normalized spacial score (nSPS) is 12.2. The van der Waals surface area contributed by atoms with E-state index in [0.717, 1.165) is 29.3 Å². The average Bonchev–Trinajstić information content (AvgIpc) is 2.70. The Kier molecular flexibility index (Phi) is 6.12. The maximum absolute atomic E-state index is 11.7. The zero-order valence-electron chi connectivity index (χ0n) is 11.6. The third kappa shape index (κ3) is 3.98. The zero-order chi connectivity index (χ0) is 13.5. The van der Waals surface area contributed by atoms with E-state index in [2.05, 4.69) is 24.1 Å². The van der Waals surface area contributed by atoms with Crippen LogP contribution in [0.1, 0.15) is 55.4 Å². The quantitative estimate of drug-likeness (QED) is 0.769. The first-order chi connectivity index (χ1) is 8.62. The molecule has 0 bridgehead atoms. The zero-order valence-corrected chi connectivity index (χ0v) is 12.4. The van der Waals surface area contributed by atoms with Crippen LogP contribution >= 0.6 is 11.3 Å². The molecule has 0 amide bonds. The highest BCUT2D eigenvalue weighted by Crippen LogP contribution is 2.24. The van der Waals surface area contributed by atoms with Gasteiger partial charge in [0, 0.05) is 10.9 Å². The van der Waals surface area contributed by atoms with Crippen LogP contribution in [-0.4, -0.2) is 23.6 Å². The molecule has 0 aliphatic carbocycles. The summed E-state index contributed by atoms with van der Waals surface area (Å²) < 4.78 is 4.98. The number of rotatable bonds is 7. The van der Waals surface area contributed by atoms with Gasteiger partial charge in [-0.2, -0.15) is 0 Å². The number of hydrogen-bond donors (Lipinski definition) is 1. The van der Waals surface area contributed by atoms with Crippen LogP contribution in [0.3, 0.4) is 0 Å². The van der Waals surface area contributed by atoms with Gasteiger partial charge in [-0.25, -0.2) is 9.78 Å². The van der Waals surface area contributed by atoms with E-state index < -0.39 is 0 Å². The van der Waals surface area contributed by atoms with Crippen molar-refractivity contribution in [2.75, 3.05) is 11.9 Å². The molecule has 1 unspecified atom stereocenters. The van der Waals surface area contributed by atoms with Crippen molar-refractivity contribution in [3.05, 3.63) is 10.6 Å². The smallest absolute Gasteiger partial charge is 0.358 e. The molecule has 0 aromatic carbocycles. The number of hydrogen-bond acceptors (Lipinski definition) is 5. The van der Waals surface area contributed by atoms with Gasteiger partial charge in [-0.3, -0.25) is 0 Å². The summed E-state index contributed by atoms with van der Waals surface area (Å²) in [5.41, 5.74) is 0.440. The second-order valence-corrected chi connectivity index (χ2v) is 5.39. The van der Waals surface area contributed by atoms with Crippen LogP contribution < -0.4 is 5.32 Å². The van der Waals surface area contributed by atoms with Gasteiger partial charge in [0.25, 0.3) is 0 Å². The molecule has 0 radical (unpaired) electrons. The van der Waals surface area contributed by atoms with Gasteiger partial charge in [-0.05, 0) is 26.7 Å². The number of nitrogens with zero attached hydrogens (tertiary/aromatic N) is 1. The summed E-state index contributed by atoms with van der Waals surface area (Å²) in [6, 6.07) is 0.426. The molecule has 1 atom stereocenters. The Morgan fingerprint density at radius 2 is 2.17 bits per heavy atom. The predicted molar refractivity (Wildman–Crippen MR) is 75.4 cm³/mol. The molecule has 0 saturated heterocycles. The first kappa shape index (κ1) is 15.0. The van der Waals surface area contributed by atoms with E-state index >= 15 is 0 Å². The van der Waals surface area contributed by atoms with Crippen LogP contribution in [0.15, 0.2) is 0 Å². The van der Waals surface area contributed by atoms with Crippen molar-refractivity contribution in [1.29, 1.82) is 0 Å². The van der Waals surface area contributed by atoms with Crippen LogP contribution in [0.5, 0.6) is 0 Å². The lowest BCUT2D eigenvalue weighted by Crippen LogP contribution is -2.18. The van der Waals surface area contributed by atoms with Gasteiger partial charge in [-0.1, -0.05) is 20.3 Å². The fourth-order valence-electron chi connectivity index (χ4n) is 1.75. The Morgan fingerprint density at radius 1 is 1.44 bits per heavy atom. The largest absolute Gasteiger partial charge is 0.461 e. The molecule has 1 N–H and O–H groups in total. The molecular weight excluding hydrogens is 248 g/mol. The van der Waals surface area contributed by atoms with Crippen molar-refractivity contribution in [2.24, 2.45) is 0 Å². The highest BCUT2D eigenvalue weighted by Gasteiger charge is 2.17. The van der Waals surface area contributed by atoms with Gasteiger partial charge in [0.05, 0.1) is 6.61 Å². The van der Waals surface area contributed by atoms with Crippen LogP contribution in [0.2, 0.25) is 0 Å². The predicted octanol–water partition coefficient (Wildman–Crippen LogP) is 3.62. The minimum atomic E-state index is -0.331. The fraction of sp³-hybridized carbons (Fsp3) is 0.692. The van der Waals surface area contributed by atoms with E-state index in [1.807, 2.05) is 6.92 Å². The minimum absolute atomic E-state index is 0.331. The molecule has 1 rings (SSSR count). The monoisotopic (exact) mass is 270 g/mol. The number of ether oxygens (including phenoxy) is 1. The number of aryl methyl sites for hydroxylation is 1. The van der Waals surface area contributed by atoms with Gasteiger partial charge in [0.2, 0.25) is 0 Å². The maximum Gasteiger partial charge on any atom is 0.358 e. The van der Waals surface area contributed by atoms with Crippen molar-refractivity contribution < 1.29 is 9.53 Å². The summed E-state index contributed by atoms with van der Waals surface area (Å²) in [6.45, 7) is 8.40. The molecule has 0 aliphatic rings. The number of nitrogens with one attached hydrogen (secondary N) is 1. The van der Waals surface area contributed by atoms with E-state index in [-0.39, 0.29) is 5.97 Å². The summed E-state index contributed by atoms with van der Waals surface area (Å²) in [5.74, 6) is -0.331. The van der Waals surface area contributed by atoms with Crippen molar-refractivity contribution in [3.8, 4) is 0 Å². The lowest BCUT2D eigenvalue weighted by atomic mass is 10.1. The molecule has 4 nitrogen and oxygen atoms in total. The Balaban J connectivity index is 2.74. The van der Waals surface area contributed by atoms with Crippen molar-refractivity contribution >= 4 is 22.4 Å². The van der Waals surface area contributed by atoms with E-state index in [9.17, 15) is 4.79 Å². The van der Waals surface area contributed by atoms with Crippen LogP contribution in [0.4, 0.5) is 5.13 Å². The molecule has 1 aromatic rings. The molecule has 5 heteroatoms. The molecular formula is C13H22N2O2S. The second-order valence-electron chi connectivity index (χ2n) is 4.18. The first-order valence-electron chi connectivity index (χ1n) is 6.53. The van der Waals surface area contributed by atoms with E-state index in [1.54, 1.807) is 6.92 Å². The molecule has 1 aromatic heterocycles. The molecule has 0 saturated carbocycles. The van der Waals surface area contributed by atoms with Crippen LogP contribution in [0.25, 0.3) is 0 Å². The number of thiazole rings is 1. The summed E-state index contributed by atoms with van der Waals surface area (Å²) >= 11 is 1.52. The Hall–Kier alpha value is -1.10. The third-order valence-corrected chi connectivity index (χ3v) is 3.62. The van der Waals surface area contributed by atoms with Gasteiger partial charge < -0.3 is 10.1 Å². The molecule has 0 fully saturated rings. The van der Waals surface area contributed by atoms with Crippen LogP contribution in [-0.2, 0) is 4.74 Å². The topological polar surface area (TPSA) is 51.2 Å².